The Morgan fingerprint density at radius 1 is 1.41 bits per heavy atom. The fourth-order valence-corrected chi connectivity index (χ4v) is 2.38. The standard InChI is InChI=1S/C12H18N4O/c13-8-10-4-2-1-3-5-11(10)14-7-6-12-15-9-17-16-12/h9-11,14H,1-7H2. The molecule has 92 valence electrons. The van der Waals surface area contributed by atoms with E-state index in [0.29, 0.717) is 6.04 Å². The highest BCUT2D eigenvalue weighted by Crippen LogP contribution is 2.22. The SMILES string of the molecule is N#CC1CCCCCC1NCCc1ncon1. The summed E-state index contributed by atoms with van der Waals surface area (Å²) in [6, 6.07) is 2.75. The third-order valence-corrected chi connectivity index (χ3v) is 3.34. The van der Waals surface area contributed by atoms with Gasteiger partial charge >= 0.3 is 0 Å². The second kappa shape index (κ2) is 6.36. The zero-order valence-electron chi connectivity index (χ0n) is 9.93. The molecule has 2 atom stereocenters. The van der Waals surface area contributed by atoms with Crippen molar-refractivity contribution in [2.24, 2.45) is 5.92 Å². The summed E-state index contributed by atoms with van der Waals surface area (Å²) in [5, 5.41) is 16.4. The van der Waals surface area contributed by atoms with Crippen molar-refractivity contribution in [2.45, 2.75) is 44.6 Å². The molecule has 0 saturated heterocycles. The molecule has 5 heteroatoms. The fraction of sp³-hybridized carbons (Fsp3) is 0.750. The van der Waals surface area contributed by atoms with E-state index >= 15 is 0 Å². The van der Waals surface area contributed by atoms with Gasteiger partial charge in [0.15, 0.2) is 5.82 Å². The average molecular weight is 234 g/mol. The van der Waals surface area contributed by atoms with E-state index in [4.69, 9.17) is 5.26 Å². The number of nitrogens with zero attached hydrogens (tertiary/aromatic N) is 3. The Bertz CT molecular complexity index is 357. The highest BCUT2D eigenvalue weighted by molar-refractivity contribution is 4.94. The molecule has 0 bridgehead atoms. The first-order valence-corrected chi connectivity index (χ1v) is 6.28. The van der Waals surface area contributed by atoms with E-state index in [1.165, 1.54) is 25.7 Å². The Balaban J connectivity index is 1.78. The van der Waals surface area contributed by atoms with Crippen molar-refractivity contribution in [2.75, 3.05) is 6.54 Å². The Kier molecular flexibility index (Phi) is 4.51. The van der Waals surface area contributed by atoms with Crippen LogP contribution in [0.15, 0.2) is 10.9 Å². The smallest absolute Gasteiger partial charge is 0.213 e. The maximum atomic E-state index is 9.14. The molecule has 2 rings (SSSR count). The molecule has 0 spiro atoms. The molecule has 1 saturated carbocycles. The van der Waals surface area contributed by atoms with Crippen LogP contribution in [0.25, 0.3) is 0 Å². The average Bonchev–Trinajstić information content (AvgIpc) is 2.75. The minimum Gasteiger partial charge on any atom is -0.343 e. The Morgan fingerprint density at radius 2 is 2.29 bits per heavy atom. The van der Waals surface area contributed by atoms with E-state index in [2.05, 4.69) is 26.0 Å². The first-order chi connectivity index (χ1) is 8.40. The highest BCUT2D eigenvalue weighted by Gasteiger charge is 2.22. The molecular weight excluding hydrogens is 216 g/mol. The molecule has 0 amide bonds. The normalized spacial score (nSPS) is 25.1. The molecule has 1 fully saturated rings. The van der Waals surface area contributed by atoms with Gasteiger partial charge in [0.25, 0.3) is 0 Å². The topological polar surface area (TPSA) is 74.7 Å². The van der Waals surface area contributed by atoms with Gasteiger partial charge in [-0.3, -0.25) is 0 Å². The molecule has 1 heterocycles. The fourth-order valence-electron chi connectivity index (χ4n) is 2.38. The number of nitrogens with one attached hydrogen (secondary N) is 1. The summed E-state index contributed by atoms with van der Waals surface area (Å²) >= 11 is 0. The predicted octanol–water partition coefficient (Wildman–Crippen LogP) is 1.67. The summed E-state index contributed by atoms with van der Waals surface area (Å²) in [6.45, 7) is 0.808. The maximum absolute atomic E-state index is 9.14. The molecule has 0 radical (unpaired) electrons. The van der Waals surface area contributed by atoms with Crippen LogP contribution in [0.5, 0.6) is 0 Å². The minimum atomic E-state index is 0.155. The van der Waals surface area contributed by atoms with Gasteiger partial charge in [-0.2, -0.15) is 10.2 Å². The van der Waals surface area contributed by atoms with Crippen molar-refractivity contribution < 1.29 is 4.52 Å². The van der Waals surface area contributed by atoms with E-state index in [0.717, 1.165) is 31.6 Å². The van der Waals surface area contributed by atoms with Gasteiger partial charge in [0, 0.05) is 19.0 Å². The lowest BCUT2D eigenvalue weighted by Gasteiger charge is -2.20. The lowest BCUT2D eigenvalue weighted by atomic mass is 9.96. The van der Waals surface area contributed by atoms with E-state index in [1.807, 2.05) is 0 Å². The summed E-state index contributed by atoms with van der Waals surface area (Å²) in [5.41, 5.74) is 0. The summed E-state index contributed by atoms with van der Waals surface area (Å²) < 4.78 is 4.68. The molecule has 1 aromatic heterocycles. The van der Waals surface area contributed by atoms with Gasteiger partial charge < -0.3 is 9.84 Å². The molecule has 1 aliphatic carbocycles. The summed E-state index contributed by atoms with van der Waals surface area (Å²) in [7, 11) is 0. The van der Waals surface area contributed by atoms with Gasteiger partial charge in [-0.05, 0) is 12.8 Å². The summed E-state index contributed by atoms with van der Waals surface area (Å²) in [4.78, 5) is 3.97. The van der Waals surface area contributed by atoms with Crippen LogP contribution in [0.3, 0.4) is 0 Å². The quantitative estimate of drug-likeness (QED) is 0.802. The van der Waals surface area contributed by atoms with E-state index in [9.17, 15) is 0 Å². The van der Waals surface area contributed by atoms with Crippen LogP contribution in [0, 0.1) is 17.2 Å². The molecule has 1 aromatic rings. The predicted molar refractivity (Wildman–Crippen MR) is 62.0 cm³/mol. The van der Waals surface area contributed by atoms with Crippen LogP contribution in [-0.4, -0.2) is 22.7 Å². The lowest BCUT2D eigenvalue weighted by molar-refractivity contribution is 0.388. The molecule has 17 heavy (non-hydrogen) atoms. The first kappa shape index (κ1) is 12.1. The molecule has 1 N–H and O–H groups in total. The largest absolute Gasteiger partial charge is 0.343 e. The first-order valence-electron chi connectivity index (χ1n) is 6.28. The number of nitriles is 1. The monoisotopic (exact) mass is 234 g/mol. The third-order valence-electron chi connectivity index (χ3n) is 3.34. The van der Waals surface area contributed by atoms with Crippen LogP contribution < -0.4 is 5.32 Å². The van der Waals surface area contributed by atoms with E-state index in [1.54, 1.807) is 0 Å². The molecular formula is C12H18N4O. The lowest BCUT2D eigenvalue weighted by Crippen LogP contribution is -2.36. The van der Waals surface area contributed by atoms with Crippen molar-refractivity contribution >= 4 is 0 Å². The van der Waals surface area contributed by atoms with Crippen molar-refractivity contribution in [3.63, 3.8) is 0 Å². The van der Waals surface area contributed by atoms with Crippen molar-refractivity contribution in [1.82, 2.24) is 15.5 Å². The zero-order chi connectivity index (χ0) is 11.9. The second-order valence-corrected chi connectivity index (χ2v) is 4.53. The Morgan fingerprint density at radius 3 is 3.06 bits per heavy atom. The van der Waals surface area contributed by atoms with E-state index in [-0.39, 0.29) is 5.92 Å². The van der Waals surface area contributed by atoms with Crippen LogP contribution in [0.2, 0.25) is 0 Å². The van der Waals surface area contributed by atoms with Crippen LogP contribution in [0.1, 0.15) is 37.9 Å². The van der Waals surface area contributed by atoms with Gasteiger partial charge in [0.05, 0.1) is 12.0 Å². The number of hydrogen-bond donors (Lipinski definition) is 1. The number of rotatable bonds is 4. The van der Waals surface area contributed by atoms with E-state index < -0.39 is 0 Å². The van der Waals surface area contributed by atoms with Crippen molar-refractivity contribution in [3.05, 3.63) is 12.2 Å². The Hall–Kier alpha value is -1.41. The number of aromatic nitrogens is 2. The second-order valence-electron chi connectivity index (χ2n) is 4.53. The zero-order valence-corrected chi connectivity index (χ0v) is 9.93. The minimum absolute atomic E-state index is 0.155. The van der Waals surface area contributed by atoms with Gasteiger partial charge in [-0.25, -0.2) is 0 Å². The van der Waals surface area contributed by atoms with Crippen molar-refractivity contribution in [1.29, 1.82) is 5.26 Å². The van der Waals surface area contributed by atoms with Crippen LogP contribution in [-0.2, 0) is 6.42 Å². The molecule has 2 unspecified atom stereocenters. The molecule has 0 aromatic carbocycles. The van der Waals surface area contributed by atoms with Gasteiger partial charge in [-0.1, -0.05) is 24.4 Å². The van der Waals surface area contributed by atoms with Gasteiger partial charge in [0.1, 0.15) is 0 Å². The number of hydrogen-bond acceptors (Lipinski definition) is 5. The Labute approximate surface area is 101 Å². The van der Waals surface area contributed by atoms with Gasteiger partial charge in [0.2, 0.25) is 6.39 Å². The molecule has 0 aliphatic heterocycles. The summed E-state index contributed by atoms with van der Waals surface area (Å²) in [6.07, 6.45) is 7.88. The van der Waals surface area contributed by atoms with Crippen molar-refractivity contribution in [3.8, 4) is 6.07 Å². The van der Waals surface area contributed by atoms with Crippen LogP contribution in [0.4, 0.5) is 0 Å². The summed E-state index contributed by atoms with van der Waals surface area (Å²) in [5.74, 6) is 0.877. The van der Waals surface area contributed by atoms with Gasteiger partial charge in [-0.15, -0.1) is 0 Å². The highest BCUT2D eigenvalue weighted by atomic mass is 16.5. The molecule has 5 nitrogen and oxygen atoms in total. The maximum Gasteiger partial charge on any atom is 0.213 e. The third kappa shape index (κ3) is 3.53. The van der Waals surface area contributed by atoms with Crippen LogP contribution >= 0.6 is 0 Å². The molecule has 1 aliphatic rings.